The van der Waals surface area contributed by atoms with Gasteiger partial charge >= 0.3 is 0 Å². The van der Waals surface area contributed by atoms with Gasteiger partial charge in [0.1, 0.15) is 5.82 Å². The summed E-state index contributed by atoms with van der Waals surface area (Å²) in [5, 5.41) is 6.49. The number of aliphatic imine (C=N–C) groups is 1. The highest BCUT2D eigenvalue weighted by molar-refractivity contribution is 7.09. The number of thiazole rings is 1. The van der Waals surface area contributed by atoms with Crippen LogP contribution in [0.3, 0.4) is 0 Å². The molecule has 2 rings (SSSR count). The Balaban J connectivity index is 1.76. The van der Waals surface area contributed by atoms with E-state index in [-0.39, 0.29) is 5.82 Å². The summed E-state index contributed by atoms with van der Waals surface area (Å²) in [5.74, 6) is 0.645. The van der Waals surface area contributed by atoms with Gasteiger partial charge in [0, 0.05) is 39.6 Å². The maximum atomic E-state index is 13.8. The largest absolute Gasteiger partial charge is 0.372 e. The first-order chi connectivity index (χ1) is 12.0. The van der Waals surface area contributed by atoms with Gasteiger partial charge in [-0.2, -0.15) is 0 Å². The van der Waals surface area contributed by atoms with E-state index in [2.05, 4.69) is 25.6 Å². The molecule has 0 aliphatic rings. The first kappa shape index (κ1) is 19.2. The molecule has 0 aliphatic heterocycles. The van der Waals surface area contributed by atoms with Gasteiger partial charge in [0.25, 0.3) is 0 Å². The van der Waals surface area contributed by atoms with Gasteiger partial charge < -0.3 is 15.1 Å². The molecule has 1 aromatic heterocycles. The molecule has 0 radical (unpaired) electrons. The first-order valence-electron chi connectivity index (χ1n) is 8.29. The molecule has 0 saturated carbocycles. The monoisotopic (exact) mass is 363 g/mol. The molecule has 1 aromatic carbocycles. The van der Waals surface area contributed by atoms with Crippen LogP contribution >= 0.6 is 11.3 Å². The van der Waals surface area contributed by atoms with E-state index >= 15 is 0 Å². The third-order valence-corrected chi connectivity index (χ3v) is 4.68. The predicted molar refractivity (Wildman–Crippen MR) is 104 cm³/mol. The lowest BCUT2D eigenvalue weighted by Gasteiger charge is -2.23. The minimum atomic E-state index is -0.188. The SMILES string of the molecule is CN=C(NCCCN(C)c1ccccc1F)N(C)Cc1csc(C)n1. The molecule has 5 nitrogen and oxygen atoms in total. The molecule has 0 unspecified atom stereocenters. The number of aromatic nitrogens is 1. The van der Waals surface area contributed by atoms with Crippen molar-refractivity contribution >= 4 is 23.0 Å². The number of hydrogen-bond donors (Lipinski definition) is 1. The summed E-state index contributed by atoms with van der Waals surface area (Å²) in [5.41, 5.74) is 1.68. The highest BCUT2D eigenvalue weighted by Gasteiger charge is 2.09. The maximum absolute atomic E-state index is 13.8. The van der Waals surface area contributed by atoms with Crippen molar-refractivity contribution in [1.29, 1.82) is 0 Å². The third kappa shape index (κ3) is 5.70. The van der Waals surface area contributed by atoms with Crippen LogP contribution in [0.1, 0.15) is 17.1 Å². The summed E-state index contributed by atoms with van der Waals surface area (Å²) in [6.07, 6.45) is 0.882. The maximum Gasteiger partial charge on any atom is 0.193 e. The number of benzene rings is 1. The Kier molecular flexibility index (Phi) is 7.18. The second kappa shape index (κ2) is 9.36. The summed E-state index contributed by atoms with van der Waals surface area (Å²) in [7, 11) is 5.68. The van der Waals surface area contributed by atoms with Crippen molar-refractivity contribution in [2.75, 3.05) is 39.1 Å². The first-order valence-corrected chi connectivity index (χ1v) is 9.17. The van der Waals surface area contributed by atoms with Crippen molar-refractivity contribution < 1.29 is 4.39 Å². The van der Waals surface area contributed by atoms with Gasteiger partial charge in [-0.15, -0.1) is 11.3 Å². The minimum absolute atomic E-state index is 0.188. The van der Waals surface area contributed by atoms with Crippen molar-refractivity contribution in [2.45, 2.75) is 19.9 Å². The number of guanidine groups is 1. The molecule has 7 heteroatoms. The average Bonchev–Trinajstić information content (AvgIpc) is 2.99. The highest BCUT2D eigenvalue weighted by atomic mass is 32.1. The second-order valence-corrected chi connectivity index (χ2v) is 6.98. The Morgan fingerprint density at radius 2 is 2.08 bits per heavy atom. The fraction of sp³-hybridized carbons (Fsp3) is 0.444. The molecule has 1 heterocycles. The molecule has 0 bridgehead atoms. The third-order valence-electron chi connectivity index (χ3n) is 3.86. The van der Waals surface area contributed by atoms with Crippen LogP contribution in [0, 0.1) is 12.7 Å². The van der Waals surface area contributed by atoms with Gasteiger partial charge in [0.15, 0.2) is 5.96 Å². The zero-order valence-corrected chi connectivity index (χ0v) is 16.1. The van der Waals surface area contributed by atoms with Crippen molar-refractivity contribution in [3.05, 3.63) is 46.2 Å². The van der Waals surface area contributed by atoms with E-state index in [1.807, 2.05) is 32.0 Å². The van der Waals surface area contributed by atoms with Crippen molar-refractivity contribution in [3.63, 3.8) is 0 Å². The molecular weight excluding hydrogens is 337 g/mol. The molecule has 25 heavy (non-hydrogen) atoms. The number of nitrogens with zero attached hydrogens (tertiary/aromatic N) is 4. The minimum Gasteiger partial charge on any atom is -0.372 e. The molecular formula is C18H26FN5S. The van der Waals surface area contributed by atoms with E-state index in [9.17, 15) is 4.39 Å². The average molecular weight is 364 g/mol. The van der Waals surface area contributed by atoms with Gasteiger partial charge in [0.2, 0.25) is 0 Å². The standard InChI is InChI=1S/C18H26FN5S/c1-14-22-15(13-25-14)12-24(4)18(20-2)21-10-7-11-23(3)17-9-6-5-8-16(17)19/h5-6,8-9,13H,7,10-12H2,1-4H3,(H,20,21). The Bertz CT molecular complexity index is 700. The van der Waals surface area contributed by atoms with Gasteiger partial charge in [-0.25, -0.2) is 9.37 Å². The van der Waals surface area contributed by atoms with E-state index < -0.39 is 0 Å². The van der Waals surface area contributed by atoms with E-state index in [0.29, 0.717) is 5.69 Å². The summed E-state index contributed by atoms with van der Waals surface area (Å²) < 4.78 is 13.8. The smallest absolute Gasteiger partial charge is 0.193 e. The van der Waals surface area contributed by atoms with E-state index in [4.69, 9.17) is 0 Å². The fourth-order valence-electron chi connectivity index (χ4n) is 2.58. The summed E-state index contributed by atoms with van der Waals surface area (Å²) in [4.78, 5) is 12.8. The number of hydrogen-bond acceptors (Lipinski definition) is 4. The molecule has 0 saturated heterocycles. The van der Waals surface area contributed by atoms with Crippen LogP contribution < -0.4 is 10.2 Å². The molecule has 0 aliphatic carbocycles. The number of nitrogens with one attached hydrogen (secondary N) is 1. The zero-order valence-electron chi connectivity index (χ0n) is 15.3. The van der Waals surface area contributed by atoms with Crippen LogP contribution in [-0.4, -0.2) is 50.1 Å². The fourth-order valence-corrected chi connectivity index (χ4v) is 3.19. The quantitative estimate of drug-likeness (QED) is 0.466. The molecule has 0 amide bonds. The molecule has 0 spiro atoms. The van der Waals surface area contributed by atoms with Gasteiger partial charge in [0.05, 0.1) is 22.9 Å². The van der Waals surface area contributed by atoms with Crippen molar-refractivity contribution in [1.82, 2.24) is 15.2 Å². The zero-order chi connectivity index (χ0) is 18.2. The number of aryl methyl sites for hydroxylation is 1. The van der Waals surface area contributed by atoms with E-state index in [0.717, 1.165) is 42.7 Å². The van der Waals surface area contributed by atoms with Crippen LogP contribution in [0.4, 0.5) is 10.1 Å². The van der Waals surface area contributed by atoms with Crippen LogP contribution in [0.15, 0.2) is 34.6 Å². The summed E-state index contributed by atoms with van der Waals surface area (Å²) in [6.45, 7) is 4.26. The van der Waals surface area contributed by atoms with Crippen LogP contribution in [-0.2, 0) is 6.54 Å². The van der Waals surface area contributed by atoms with Gasteiger partial charge in [-0.05, 0) is 25.5 Å². The molecule has 2 aromatic rings. The van der Waals surface area contributed by atoms with Gasteiger partial charge in [-0.3, -0.25) is 4.99 Å². The van der Waals surface area contributed by atoms with E-state index in [1.165, 1.54) is 6.07 Å². The van der Waals surface area contributed by atoms with Crippen molar-refractivity contribution in [2.24, 2.45) is 4.99 Å². The predicted octanol–water partition coefficient (Wildman–Crippen LogP) is 3.12. The molecule has 136 valence electrons. The lowest BCUT2D eigenvalue weighted by molar-refractivity contribution is 0.470. The summed E-state index contributed by atoms with van der Waals surface area (Å²) in [6, 6.07) is 6.84. The Labute approximate surface area is 153 Å². The number of anilines is 1. The van der Waals surface area contributed by atoms with Crippen LogP contribution in [0.2, 0.25) is 0 Å². The van der Waals surface area contributed by atoms with Crippen LogP contribution in [0.25, 0.3) is 0 Å². The van der Waals surface area contributed by atoms with E-state index in [1.54, 1.807) is 30.5 Å². The van der Waals surface area contributed by atoms with Crippen LogP contribution in [0.5, 0.6) is 0 Å². The Morgan fingerprint density at radius 3 is 2.72 bits per heavy atom. The molecule has 0 fully saturated rings. The summed E-state index contributed by atoms with van der Waals surface area (Å²) >= 11 is 1.66. The number of para-hydroxylation sites is 1. The topological polar surface area (TPSA) is 43.8 Å². The van der Waals surface area contributed by atoms with Gasteiger partial charge in [-0.1, -0.05) is 12.1 Å². The molecule has 1 N–H and O–H groups in total. The lowest BCUT2D eigenvalue weighted by atomic mass is 10.2. The normalized spacial score (nSPS) is 11.5. The highest BCUT2D eigenvalue weighted by Crippen LogP contribution is 2.16. The Morgan fingerprint density at radius 1 is 1.32 bits per heavy atom. The molecule has 0 atom stereocenters. The second-order valence-electron chi connectivity index (χ2n) is 5.91. The van der Waals surface area contributed by atoms with Crippen molar-refractivity contribution in [3.8, 4) is 0 Å². The lowest BCUT2D eigenvalue weighted by Crippen LogP contribution is -2.39. The Hall–Kier alpha value is -2.15. The number of rotatable bonds is 7. The number of halogens is 1.